The van der Waals surface area contributed by atoms with Crippen LogP contribution < -0.4 is 5.32 Å². The maximum Gasteiger partial charge on any atom is 0.412 e. The summed E-state index contributed by atoms with van der Waals surface area (Å²) in [5.41, 5.74) is 3.85. The predicted molar refractivity (Wildman–Crippen MR) is 98.8 cm³/mol. The maximum atomic E-state index is 11.8. The van der Waals surface area contributed by atoms with Gasteiger partial charge in [0.2, 0.25) is 0 Å². The van der Waals surface area contributed by atoms with Crippen molar-refractivity contribution in [3.63, 3.8) is 0 Å². The third-order valence-corrected chi connectivity index (χ3v) is 3.98. The topological polar surface area (TPSA) is 69.0 Å². The summed E-state index contributed by atoms with van der Waals surface area (Å²) in [6, 6.07) is 9.80. The summed E-state index contributed by atoms with van der Waals surface area (Å²) in [5.74, 6) is 1.38. The van der Waals surface area contributed by atoms with Crippen molar-refractivity contribution in [1.29, 1.82) is 0 Å². The van der Waals surface area contributed by atoms with E-state index in [0.29, 0.717) is 11.6 Å². The highest BCUT2D eigenvalue weighted by molar-refractivity contribution is 6.18. The van der Waals surface area contributed by atoms with Gasteiger partial charge in [-0.2, -0.15) is 9.78 Å². The number of hydrogen-bond acceptors (Lipinski definition) is 4. The molecule has 25 heavy (non-hydrogen) atoms. The number of halogens is 1. The number of pyridine rings is 1. The smallest absolute Gasteiger partial charge is 0.412 e. The molecule has 1 amide bonds. The number of aryl methyl sites for hydroxylation is 3. The fraction of sp³-hybridized carbons (Fsp3) is 0.278. The number of alkyl halides is 1. The van der Waals surface area contributed by atoms with Gasteiger partial charge in [-0.25, -0.2) is 9.78 Å². The van der Waals surface area contributed by atoms with E-state index >= 15 is 0 Å². The van der Waals surface area contributed by atoms with Crippen molar-refractivity contribution in [2.75, 3.05) is 17.8 Å². The van der Waals surface area contributed by atoms with Gasteiger partial charge in [0, 0.05) is 11.5 Å². The van der Waals surface area contributed by atoms with Crippen molar-refractivity contribution in [2.45, 2.75) is 20.8 Å². The van der Waals surface area contributed by atoms with E-state index in [1.165, 1.54) is 0 Å². The molecule has 0 spiro atoms. The lowest BCUT2D eigenvalue weighted by molar-refractivity contribution is 0.168. The second-order valence-corrected chi connectivity index (χ2v) is 6.18. The first-order valence-electron chi connectivity index (χ1n) is 7.93. The molecule has 0 fully saturated rings. The van der Waals surface area contributed by atoms with Crippen molar-refractivity contribution in [1.82, 2.24) is 14.8 Å². The highest BCUT2D eigenvalue weighted by Crippen LogP contribution is 2.24. The van der Waals surface area contributed by atoms with E-state index in [4.69, 9.17) is 21.3 Å². The Morgan fingerprint density at radius 1 is 1.24 bits per heavy atom. The summed E-state index contributed by atoms with van der Waals surface area (Å²) >= 11 is 5.54. The molecule has 1 aromatic carbocycles. The first-order chi connectivity index (χ1) is 12.0. The maximum absolute atomic E-state index is 11.8. The highest BCUT2D eigenvalue weighted by atomic mass is 35.5. The van der Waals surface area contributed by atoms with Crippen LogP contribution in [0.5, 0.6) is 0 Å². The van der Waals surface area contributed by atoms with Crippen LogP contribution in [0, 0.1) is 20.8 Å². The molecule has 6 nitrogen and oxygen atoms in total. The molecule has 0 radical (unpaired) electrons. The first-order valence-corrected chi connectivity index (χ1v) is 8.47. The molecule has 0 aliphatic heterocycles. The van der Waals surface area contributed by atoms with Crippen molar-refractivity contribution >= 4 is 34.4 Å². The van der Waals surface area contributed by atoms with Gasteiger partial charge in [-0.3, -0.25) is 5.32 Å². The fourth-order valence-electron chi connectivity index (χ4n) is 2.69. The van der Waals surface area contributed by atoms with Crippen molar-refractivity contribution in [3.8, 4) is 5.82 Å². The van der Waals surface area contributed by atoms with E-state index in [1.54, 1.807) is 10.7 Å². The molecule has 0 aliphatic rings. The van der Waals surface area contributed by atoms with E-state index in [2.05, 4.69) is 10.4 Å². The van der Waals surface area contributed by atoms with Gasteiger partial charge in [-0.15, -0.1) is 11.6 Å². The summed E-state index contributed by atoms with van der Waals surface area (Å²) in [6.45, 7) is 6.05. The molecular weight excluding hydrogens is 340 g/mol. The van der Waals surface area contributed by atoms with Crippen LogP contribution in [0.1, 0.15) is 16.8 Å². The van der Waals surface area contributed by atoms with Crippen LogP contribution in [0.25, 0.3) is 16.7 Å². The van der Waals surface area contributed by atoms with E-state index < -0.39 is 6.09 Å². The standard InChI is InChI=1S/C18H19ClN4O2/c1-11-5-4-6-14-12(2)9-15(20-17(11)14)23-16(10-13(3)22-23)21-18(24)25-8-7-19/h4-6,9-10H,7-8H2,1-3H3,(H,21,24). The zero-order valence-corrected chi connectivity index (χ0v) is 15.1. The average Bonchev–Trinajstić information content (AvgIpc) is 2.94. The number of hydrogen-bond donors (Lipinski definition) is 1. The fourth-order valence-corrected chi connectivity index (χ4v) is 2.76. The van der Waals surface area contributed by atoms with Gasteiger partial charge in [-0.1, -0.05) is 18.2 Å². The number of fused-ring (bicyclic) bond motifs is 1. The molecule has 3 aromatic rings. The van der Waals surface area contributed by atoms with Crippen LogP contribution in [0.4, 0.5) is 10.6 Å². The number of anilines is 1. The minimum absolute atomic E-state index is 0.146. The minimum Gasteiger partial charge on any atom is -0.448 e. The van der Waals surface area contributed by atoms with Crippen LogP contribution in [-0.2, 0) is 4.74 Å². The van der Waals surface area contributed by atoms with Crippen molar-refractivity contribution < 1.29 is 9.53 Å². The summed E-state index contributed by atoms with van der Waals surface area (Å²) in [6.07, 6.45) is -0.574. The van der Waals surface area contributed by atoms with Crippen LogP contribution in [0.15, 0.2) is 30.3 Å². The average molecular weight is 359 g/mol. The second-order valence-electron chi connectivity index (χ2n) is 5.80. The van der Waals surface area contributed by atoms with Gasteiger partial charge in [-0.05, 0) is 38.0 Å². The molecule has 7 heteroatoms. The quantitative estimate of drug-likeness (QED) is 0.712. The Morgan fingerprint density at radius 2 is 2.04 bits per heavy atom. The molecular formula is C18H19ClN4O2. The van der Waals surface area contributed by atoms with Crippen LogP contribution in [0.3, 0.4) is 0 Å². The number of aromatic nitrogens is 3. The number of amides is 1. The predicted octanol–water partition coefficient (Wildman–Crippen LogP) is 4.13. The molecule has 0 bridgehead atoms. The monoisotopic (exact) mass is 358 g/mol. The van der Waals surface area contributed by atoms with E-state index in [-0.39, 0.29) is 12.5 Å². The van der Waals surface area contributed by atoms with E-state index in [1.807, 2.05) is 45.0 Å². The molecule has 2 aromatic heterocycles. The molecule has 3 rings (SSSR count). The van der Waals surface area contributed by atoms with Crippen LogP contribution >= 0.6 is 11.6 Å². The number of nitrogens with one attached hydrogen (secondary N) is 1. The molecule has 0 unspecified atom stereocenters. The first kappa shape index (κ1) is 17.2. The second kappa shape index (κ2) is 7.11. The number of ether oxygens (including phenoxy) is 1. The summed E-state index contributed by atoms with van der Waals surface area (Å²) in [7, 11) is 0. The van der Waals surface area contributed by atoms with Gasteiger partial charge < -0.3 is 4.74 Å². The molecule has 130 valence electrons. The Bertz CT molecular complexity index is 936. The van der Waals surface area contributed by atoms with Gasteiger partial charge in [0.15, 0.2) is 5.82 Å². The van der Waals surface area contributed by atoms with Crippen molar-refractivity contribution in [3.05, 3.63) is 47.2 Å². The number of nitrogens with zero attached hydrogens (tertiary/aromatic N) is 3. The molecule has 0 aliphatic carbocycles. The highest BCUT2D eigenvalue weighted by Gasteiger charge is 2.14. The number of rotatable bonds is 4. The Kier molecular flexibility index (Phi) is 4.90. The Morgan fingerprint density at radius 3 is 2.80 bits per heavy atom. The molecule has 0 saturated carbocycles. The lowest BCUT2D eigenvalue weighted by atomic mass is 10.1. The summed E-state index contributed by atoms with van der Waals surface area (Å²) in [4.78, 5) is 16.6. The number of para-hydroxylation sites is 1. The van der Waals surface area contributed by atoms with Gasteiger partial charge in [0.05, 0.1) is 17.1 Å². The Balaban J connectivity index is 2.03. The summed E-state index contributed by atoms with van der Waals surface area (Å²) < 4.78 is 6.57. The van der Waals surface area contributed by atoms with Crippen LogP contribution in [-0.4, -0.2) is 33.3 Å². The lowest BCUT2D eigenvalue weighted by Gasteiger charge is -2.11. The number of benzene rings is 1. The van der Waals surface area contributed by atoms with Crippen LogP contribution in [0.2, 0.25) is 0 Å². The van der Waals surface area contributed by atoms with E-state index in [9.17, 15) is 4.79 Å². The zero-order chi connectivity index (χ0) is 18.0. The number of carbonyl (C=O) groups excluding carboxylic acids is 1. The normalized spacial score (nSPS) is 10.9. The van der Waals surface area contributed by atoms with Crippen molar-refractivity contribution in [2.24, 2.45) is 0 Å². The third-order valence-electron chi connectivity index (χ3n) is 3.82. The lowest BCUT2D eigenvalue weighted by Crippen LogP contribution is -2.17. The number of carbonyl (C=O) groups is 1. The summed E-state index contributed by atoms with van der Waals surface area (Å²) in [5, 5.41) is 8.24. The Labute approximate surface area is 150 Å². The SMILES string of the molecule is Cc1cc(NC(=O)OCCCl)n(-c2cc(C)c3cccc(C)c3n2)n1. The molecule has 2 heterocycles. The van der Waals surface area contributed by atoms with Gasteiger partial charge >= 0.3 is 6.09 Å². The van der Waals surface area contributed by atoms with E-state index in [0.717, 1.165) is 27.7 Å². The zero-order valence-electron chi connectivity index (χ0n) is 14.3. The third kappa shape index (κ3) is 3.58. The van der Waals surface area contributed by atoms with Gasteiger partial charge in [0.25, 0.3) is 0 Å². The van der Waals surface area contributed by atoms with Gasteiger partial charge in [0.1, 0.15) is 12.4 Å². The molecule has 1 N–H and O–H groups in total. The largest absolute Gasteiger partial charge is 0.448 e. The minimum atomic E-state index is -0.574. The Hall–Kier alpha value is -2.60. The molecule has 0 atom stereocenters. The molecule has 0 saturated heterocycles.